The fraction of sp³-hybridized carbons (Fsp3) is 0.417. The number of hydrogen-bond acceptors (Lipinski definition) is 6. The average Bonchev–Trinajstić information content (AvgIpc) is 2.36. The first-order chi connectivity index (χ1) is 9.71. The number of benzene rings is 1. The monoisotopic (exact) mass is 314 g/mol. The molecule has 1 aromatic rings. The van der Waals surface area contributed by atoms with Crippen LogP contribution < -0.4 is 4.90 Å². The van der Waals surface area contributed by atoms with Gasteiger partial charge in [0.25, 0.3) is 5.69 Å². The van der Waals surface area contributed by atoms with Gasteiger partial charge in [0.2, 0.25) is 0 Å². The van der Waals surface area contributed by atoms with Crippen molar-refractivity contribution in [3.63, 3.8) is 0 Å². The molecule has 0 spiro atoms. The van der Waals surface area contributed by atoms with E-state index in [0.29, 0.717) is 0 Å². The molecule has 1 unspecified atom stereocenters. The van der Waals surface area contributed by atoms with E-state index in [1.54, 1.807) is 11.8 Å². The van der Waals surface area contributed by atoms with Crippen molar-refractivity contribution in [2.75, 3.05) is 23.0 Å². The van der Waals surface area contributed by atoms with Crippen LogP contribution in [0.3, 0.4) is 0 Å². The van der Waals surface area contributed by atoms with Crippen molar-refractivity contribution in [1.29, 1.82) is 0 Å². The van der Waals surface area contributed by atoms with Crippen LogP contribution in [0.25, 0.3) is 0 Å². The van der Waals surface area contributed by atoms with Crippen molar-refractivity contribution in [2.45, 2.75) is 13.0 Å². The second-order valence-corrected chi connectivity index (χ2v) is 7.15. The zero-order chi connectivity index (χ0) is 15.8. The molecule has 21 heavy (non-hydrogen) atoms. The molecule has 0 bridgehead atoms. The Morgan fingerprint density at radius 1 is 1.48 bits per heavy atom. The fourth-order valence-corrected chi connectivity index (χ4v) is 3.95. The first-order valence-electron chi connectivity index (χ1n) is 6.20. The minimum atomic E-state index is -3.16. The molecule has 1 aliphatic heterocycles. The van der Waals surface area contributed by atoms with E-state index in [1.807, 2.05) is 0 Å². The first kappa shape index (κ1) is 15.2. The third-order valence-electron chi connectivity index (χ3n) is 3.40. The Hall–Kier alpha value is -2.16. The van der Waals surface area contributed by atoms with Gasteiger partial charge in [-0.3, -0.25) is 10.1 Å². The molecule has 0 amide bonds. The zero-order valence-electron chi connectivity index (χ0n) is 11.2. The normalized spacial score (nSPS) is 21.0. The van der Waals surface area contributed by atoms with Crippen LogP contribution >= 0.6 is 0 Å². The lowest BCUT2D eigenvalue weighted by molar-refractivity contribution is -0.384. The van der Waals surface area contributed by atoms with Gasteiger partial charge in [-0.05, 0) is 19.1 Å². The number of carbonyl (C=O) groups is 1. The quantitative estimate of drug-likeness (QED) is 0.651. The van der Waals surface area contributed by atoms with Crippen molar-refractivity contribution in [3.8, 4) is 0 Å². The number of nitro groups is 1. The van der Waals surface area contributed by atoms with Crippen LogP contribution in [0.4, 0.5) is 11.4 Å². The summed E-state index contributed by atoms with van der Waals surface area (Å²) >= 11 is 0. The summed E-state index contributed by atoms with van der Waals surface area (Å²) in [4.78, 5) is 23.1. The molecule has 0 aliphatic carbocycles. The van der Waals surface area contributed by atoms with Crippen LogP contribution in [0.5, 0.6) is 0 Å². The van der Waals surface area contributed by atoms with Crippen molar-refractivity contribution in [3.05, 3.63) is 33.9 Å². The summed E-state index contributed by atoms with van der Waals surface area (Å²) in [5.41, 5.74) is -0.162. The molecule has 114 valence electrons. The Bertz CT molecular complexity index is 700. The Morgan fingerprint density at radius 2 is 2.14 bits per heavy atom. The molecule has 8 nitrogen and oxygen atoms in total. The van der Waals surface area contributed by atoms with Gasteiger partial charge in [-0.2, -0.15) is 0 Å². The number of carboxylic acids is 1. The van der Waals surface area contributed by atoms with Crippen molar-refractivity contribution < 1.29 is 23.2 Å². The van der Waals surface area contributed by atoms with Crippen molar-refractivity contribution in [1.82, 2.24) is 0 Å². The maximum absolute atomic E-state index is 11.6. The van der Waals surface area contributed by atoms with E-state index in [4.69, 9.17) is 5.11 Å². The van der Waals surface area contributed by atoms with Crippen molar-refractivity contribution in [2.24, 2.45) is 0 Å². The fourth-order valence-electron chi connectivity index (χ4n) is 2.40. The van der Waals surface area contributed by atoms with E-state index in [-0.39, 0.29) is 35.0 Å². The molecule has 0 radical (unpaired) electrons. The summed E-state index contributed by atoms with van der Waals surface area (Å²) in [6.45, 7) is 1.75. The number of rotatable bonds is 3. The van der Waals surface area contributed by atoms with Gasteiger partial charge in [-0.1, -0.05) is 0 Å². The van der Waals surface area contributed by atoms with Gasteiger partial charge in [-0.15, -0.1) is 0 Å². The molecule has 0 aromatic heterocycles. The highest BCUT2D eigenvalue weighted by molar-refractivity contribution is 7.91. The summed E-state index contributed by atoms with van der Waals surface area (Å²) in [5, 5.41) is 20.1. The molecular formula is C12H14N2O6S. The third-order valence-corrected chi connectivity index (χ3v) is 5.19. The highest BCUT2D eigenvalue weighted by Gasteiger charge is 2.32. The van der Waals surface area contributed by atoms with Gasteiger partial charge in [-0.25, -0.2) is 13.2 Å². The number of nitrogens with zero attached hydrogens (tertiary/aromatic N) is 2. The lowest BCUT2D eigenvalue weighted by Crippen LogP contribution is -2.47. The maximum Gasteiger partial charge on any atom is 0.335 e. The summed E-state index contributed by atoms with van der Waals surface area (Å²) in [5.74, 6) is -1.41. The second-order valence-electron chi connectivity index (χ2n) is 4.92. The van der Waals surface area contributed by atoms with Crippen LogP contribution in [0, 0.1) is 10.1 Å². The zero-order valence-corrected chi connectivity index (χ0v) is 12.0. The van der Waals surface area contributed by atoms with E-state index in [1.165, 1.54) is 6.07 Å². The molecule has 1 aliphatic rings. The van der Waals surface area contributed by atoms with Gasteiger partial charge in [0.05, 0.1) is 22.0 Å². The smallest absolute Gasteiger partial charge is 0.335 e. The number of nitro benzene ring substituents is 1. The largest absolute Gasteiger partial charge is 0.478 e. The molecule has 1 atom stereocenters. The summed E-state index contributed by atoms with van der Waals surface area (Å²) in [7, 11) is -3.16. The summed E-state index contributed by atoms with van der Waals surface area (Å²) in [6.07, 6.45) is 0. The van der Waals surface area contributed by atoms with E-state index >= 15 is 0 Å². The van der Waals surface area contributed by atoms with Gasteiger partial charge < -0.3 is 10.0 Å². The molecule has 9 heteroatoms. The predicted octanol–water partition coefficient (Wildman–Crippen LogP) is 0.916. The van der Waals surface area contributed by atoms with Crippen molar-refractivity contribution >= 4 is 27.2 Å². The third kappa shape index (κ3) is 3.13. The Kier molecular flexibility index (Phi) is 3.86. The maximum atomic E-state index is 11.6. The minimum Gasteiger partial charge on any atom is -0.478 e. The van der Waals surface area contributed by atoms with E-state index in [9.17, 15) is 23.3 Å². The molecule has 2 rings (SSSR count). The predicted molar refractivity (Wildman–Crippen MR) is 75.5 cm³/mol. The minimum absolute atomic E-state index is 0.0729. The lowest BCUT2D eigenvalue weighted by Gasteiger charge is -2.34. The Morgan fingerprint density at radius 3 is 2.67 bits per heavy atom. The molecule has 1 aromatic carbocycles. The molecule has 1 saturated heterocycles. The van der Waals surface area contributed by atoms with Gasteiger partial charge in [0.15, 0.2) is 9.84 Å². The molecular weight excluding hydrogens is 300 g/mol. The topological polar surface area (TPSA) is 118 Å². The SMILES string of the molecule is CC1CS(=O)(=O)CCN1c1cc(C(=O)O)ccc1[N+](=O)[O-]. The summed E-state index contributed by atoms with van der Waals surface area (Å²) < 4.78 is 23.2. The van der Waals surface area contributed by atoms with E-state index < -0.39 is 26.8 Å². The molecule has 1 fully saturated rings. The highest BCUT2D eigenvalue weighted by atomic mass is 32.2. The Balaban J connectivity index is 2.48. The number of aromatic carboxylic acids is 1. The van der Waals surface area contributed by atoms with Crippen LogP contribution in [-0.2, 0) is 9.84 Å². The summed E-state index contributed by atoms with van der Waals surface area (Å²) in [6, 6.07) is 3.06. The van der Waals surface area contributed by atoms with E-state index in [0.717, 1.165) is 12.1 Å². The first-order valence-corrected chi connectivity index (χ1v) is 8.02. The van der Waals surface area contributed by atoms with Gasteiger partial charge in [0, 0.05) is 18.7 Å². The molecule has 0 saturated carbocycles. The van der Waals surface area contributed by atoms with E-state index in [2.05, 4.69) is 0 Å². The second kappa shape index (κ2) is 5.32. The molecule has 1 heterocycles. The lowest BCUT2D eigenvalue weighted by atomic mass is 10.1. The Labute approximate surface area is 121 Å². The number of anilines is 1. The van der Waals surface area contributed by atoms with Gasteiger partial charge in [0.1, 0.15) is 5.69 Å². The number of carboxylic acid groups (broad SMARTS) is 1. The van der Waals surface area contributed by atoms with Crippen LogP contribution in [0.1, 0.15) is 17.3 Å². The van der Waals surface area contributed by atoms with Crippen LogP contribution in [-0.4, -0.2) is 48.5 Å². The average molecular weight is 314 g/mol. The van der Waals surface area contributed by atoms with Crippen LogP contribution in [0.15, 0.2) is 18.2 Å². The standard InChI is InChI=1S/C12H14N2O6S/c1-8-7-21(19,20)5-4-13(8)11-6-9(12(15)16)2-3-10(11)14(17)18/h2-3,6,8H,4-5,7H2,1H3,(H,15,16). The van der Waals surface area contributed by atoms with Crippen LogP contribution in [0.2, 0.25) is 0 Å². The molecule has 1 N–H and O–H groups in total. The van der Waals surface area contributed by atoms with Gasteiger partial charge >= 0.3 is 5.97 Å². The number of sulfone groups is 1. The number of hydrogen-bond donors (Lipinski definition) is 1. The highest BCUT2D eigenvalue weighted by Crippen LogP contribution is 2.32.